The third-order valence-electron chi connectivity index (χ3n) is 7.00. The summed E-state index contributed by atoms with van der Waals surface area (Å²) in [6, 6.07) is 9.00. The Balaban J connectivity index is 1.81. The molecular weight excluding hydrogens is 616 g/mol. The number of methoxy groups -OCH3 is 1. The van der Waals surface area contributed by atoms with Gasteiger partial charge in [0.05, 0.1) is 43.6 Å². The van der Waals surface area contributed by atoms with Crippen molar-refractivity contribution in [2.75, 3.05) is 20.3 Å². The maximum atomic E-state index is 14.7. The number of nitrogens with zero attached hydrogens (tertiary/aromatic N) is 2. The van der Waals surface area contributed by atoms with Gasteiger partial charge in [0.15, 0.2) is 0 Å². The van der Waals surface area contributed by atoms with Crippen LogP contribution in [0.3, 0.4) is 0 Å². The van der Waals surface area contributed by atoms with Gasteiger partial charge < -0.3 is 30.7 Å². The van der Waals surface area contributed by atoms with Crippen LogP contribution in [0.2, 0.25) is 0 Å². The van der Waals surface area contributed by atoms with Crippen LogP contribution in [0, 0.1) is 12.7 Å². The normalized spacial score (nSPS) is 12.8. The SMILES string of the molecule is CCOc1c(CC(N)=O)cc([C@@](O)(CNC(=O)c2cc(OC)c3nc(C)c(C(=O)O)cc3c2)C(F)(F)F)nc1-c1ccc(F)cc1. The Bertz CT molecular complexity index is 1830. The lowest BCUT2D eigenvalue weighted by molar-refractivity contribution is -0.265. The number of halogens is 4. The number of fused-ring (bicyclic) bond motifs is 1. The molecule has 0 aliphatic carbocycles. The summed E-state index contributed by atoms with van der Waals surface area (Å²) in [7, 11) is 1.26. The second kappa shape index (κ2) is 13.0. The average Bonchev–Trinajstić information content (AvgIpc) is 2.99. The minimum Gasteiger partial charge on any atom is -0.494 e. The summed E-state index contributed by atoms with van der Waals surface area (Å²) in [4.78, 5) is 44.9. The molecule has 0 saturated heterocycles. The fourth-order valence-electron chi connectivity index (χ4n) is 4.72. The van der Waals surface area contributed by atoms with Gasteiger partial charge in [0.2, 0.25) is 11.5 Å². The van der Waals surface area contributed by atoms with Crippen molar-refractivity contribution in [2.45, 2.75) is 32.0 Å². The highest BCUT2D eigenvalue weighted by Gasteiger charge is 2.56. The first-order chi connectivity index (χ1) is 21.6. The minimum atomic E-state index is -5.43. The highest BCUT2D eigenvalue weighted by atomic mass is 19.4. The lowest BCUT2D eigenvalue weighted by Crippen LogP contribution is -2.51. The van der Waals surface area contributed by atoms with Crippen LogP contribution >= 0.6 is 0 Å². The minimum absolute atomic E-state index is 0.0127. The molecule has 2 aromatic carbocycles. The van der Waals surface area contributed by atoms with E-state index in [0.29, 0.717) is 0 Å². The van der Waals surface area contributed by atoms with E-state index < -0.39 is 54.0 Å². The van der Waals surface area contributed by atoms with Crippen LogP contribution in [0.4, 0.5) is 17.6 Å². The number of pyridine rings is 2. The van der Waals surface area contributed by atoms with Gasteiger partial charge >= 0.3 is 12.1 Å². The van der Waals surface area contributed by atoms with E-state index in [-0.39, 0.29) is 62.7 Å². The van der Waals surface area contributed by atoms with Crippen molar-refractivity contribution in [3.63, 3.8) is 0 Å². The molecule has 0 unspecified atom stereocenters. The number of aliphatic hydroxyl groups is 1. The molecule has 2 aromatic heterocycles. The van der Waals surface area contributed by atoms with Crippen molar-refractivity contribution in [1.82, 2.24) is 15.3 Å². The highest BCUT2D eigenvalue weighted by Crippen LogP contribution is 2.42. The smallest absolute Gasteiger partial charge is 0.424 e. The maximum Gasteiger partial charge on any atom is 0.424 e. The number of hydrogen-bond donors (Lipinski definition) is 4. The van der Waals surface area contributed by atoms with E-state index in [9.17, 15) is 42.2 Å². The molecule has 0 bridgehead atoms. The first kappa shape index (κ1) is 33.6. The largest absolute Gasteiger partial charge is 0.494 e. The van der Waals surface area contributed by atoms with Gasteiger partial charge in [-0.2, -0.15) is 13.2 Å². The molecule has 0 fully saturated rings. The van der Waals surface area contributed by atoms with Crippen LogP contribution in [0.15, 0.2) is 48.5 Å². The van der Waals surface area contributed by atoms with Gasteiger partial charge in [-0.05, 0) is 62.4 Å². The summed E-state index contributed by atoms with van der Waals surface area (Å²) in [6.45, 7) is 1.62. The number of alkyl halides is 3. The van der Waals surface area contributed by atoms with Crippen molar-refractivity contribution in [3.8, 4) is 22.8 Å². The van der Waals surface area contributed by atoms with Gasteiger partial charge in [0, 0.05) is 22.1 Å². The lowest BCUT2D eigenvalue weighted by atomic mass is 9.93. The number of nitrogens with two attached hydrogens (primary N) is 1. The summed E-state index contributed by atoms with van der Waals surface area (Å²) in [6.07, 6.45) is -6.02. The molecule has 0 spiro atoms. The summed E-state index contributed by atoms with van der Waals surface area (Å²) in [5.74, 6) is -3.98. The van der Waals surface area contributed by atoms with E-state index >= 15 is 0 Å². The van der Waals surface area contributed by atoms with Crippen LogP contribution in [-0.2, 0) is 16.8 Å². The molecule has 46 heavy (non-hydrogen) atoms. The Morgan fingerprint density at radius 2 is 1.72 bits per heavy atom. The number of carbonyl (C=O) groups excluding carboxylic acids is 2. The summed E-state index contributed by atoms with van der Waals surface area (Å²) < 4.78 is 68.5. The van der Waals surface area contributed by atoms with E-state index in [4.69, 9.17) is 15.2 Å². The van der Waals surface area contributed by atoms with Crippen LogP contribution in [0.1, 0.15) is 44.6 Å². The molecule has 0 aliphatic heterocycles. The van der Waals surface area contributed by atoms with Crippen LogP contribution < -0.4 is 20.5 Å². The number of carboxylic acids is 1. The molecule has 1 atom stereocenters. The number of hydrogen-bond acceptors (Lipinski definition) is 8. The number of benzene rings is 2. The number of aromatic carboxylic acids is 1. The van der Waals surface area contributed by atoms with Gasteiger partial charge in [-0.25, -0.2) is 19.2 Å². The number of nitrogens with one attached hydrogen (secondary N) is 1. The molecule has 4 aromatic rings. The average molecular weight is 645 g/mol. The number of amides is 2. The first-order valence-electron chi connectivity index (χ1n) is 13.6. The highest BCUT2D eigenvalue weighted by molar-refractivity contribution is 6.02. The number of carbonyl (C=O) groups is 3. The zero-order valence-corrected chi connectivity index (χ0v) is 24.7. The number of aromatic nitrogens is 2. The molecule has 15 heteroatoms. The van der Waals surface area contributed by atoms with E-state index in [1.165, 1.54) is 44.4 Å². The van der Waals surface area contributed by atoms with Gasteiger partial charge in [0.25, 0.3) is 5.91 Å². The van der Waals surface area contributed by atoms with Gasteiger partial charge in [-0.1, -0.05) is 0 Å². The number of ether oxygens (including phenoxy) is 2. The molecule has 2 amide bonds. The second-order valence-electron chi connectivity index (χ2n) is 10.1. The molecule has 0 radical (unpaired) electrons. The van der Waals surface area contributed by atoms with Crippen molar-refractivity contribution in [1.29, 1.82) is 0 Å². The van der Waals surface area contributed by atoms with Gasteiger partial charge in [-0.15, -0.1) is 0 Å². The van der Waals surface area contributed by atoms with Gasteiger partial charge in [0.1, 0.15) is 28.5 Å². The third kappa shape index (κ3) is 6.68. The second-order valence-corrected chi connectivity index (χ2v) is 10.1. The summed E-state index contributed by atoms with van der Waals surface area (Å²) in [5, 5.41) is 22.9. The van der Waals surface area contributed by atoms with Crippen molar-refractivity contribution >= 4 is 28.7 Å². The van der Waals surface area contributed by atoms with E-state index in [1.54, 1.807) is 6.92 Å². The van der Waals surface area contributed by atoms with Gasteiger partial charge in [-0.3, -0.25) is 9.59 Å². The number of aryl methyl sites for hydroxylation is 1. The van der Waals surface area contributed by atoms with Crippen LogP contribution in [0.5, 0.6) is 11.5 Å². The molecule has 4 rings (SSSR count). The predicted molar refractivity (Wildman–Crippen MR) is 156 cm³/mol. The van der Waals surface area contributed by atoms with E-state index in [1.807, 2.05) is 0 Å². The van der Waals surface area contributed by atoms with E-state index in [0.717, 1.165) is 18.2 Å². The molecule has 242 valence electrons. The number of rotatable bonds is 11. The van der Waals surface area contributed by atoms with Crippen molar-refractivity contribution < 1.29 is 51.6 Å². The molecule has 2 heterocycles. The molecule has 0 saturated carbocycles. The maximum absolute atomic E-state index is 14.7. The first-order valence-corrected chi connectivity index (χ1v) is 13.6. The molecule has 11 nitrogen and oxygen atoms in total. The lowest BCUT2D eigenvalue weighted by Gasteiger charge is -2.31. The summed E-state index contributed by atoms with van der Waals surface area (Å²) >= 11 is 0. The monoisotopic (exact) mass is 644 g/mol. The zero-order chi connectivity index (χ0) is 34.0. The topological polar surface area (TPSA) is 174 Å². The molecular formula is C31H28F4N4O7. The fourth-order valence-corrected chi connectivity index (χ4v) is 4.72. The Labute approximate surface area is 259 Å². The zero-order valence-electron chi connectivity index (χ0n) is 24.7. The Kier molecular flexibility index (Phi) is 9.47. The Hall–Kier alpha value is -5.31. The standard InChI is InChI=1S/C31H28F4N4O7/c1-4-46-27-18(13-24(36)40)12-23(39-26(27)16-5-7-20(32)8-6-16)30(44,31(33,34)35)14-37-28(41)19-9-17-10-21(29(42)43)15(2)38-25(17)22(11-19)45-3/h5-12,44H,4,13-14H2,1-3H3,(H2,36,40)(H,37,41)(H,42,43)/t30-/m0/s1. The van der Waals surface area contributed by atoms with Crippen LogP contribution in [0.25, 0.3) is 22.2 Å². The third-order valence-corrected chi connectivity index (χ3v) is 7.00. The van der Waals surface area contributed by atoms with E-state index in [2.05, 4.69) is 15.3 Å². The predicted octanol–water partition coefficient (Wildman–Crippen LogP) is 4.06. The summed E-state index contributed by atoms with van der Waals surface area (Å²) in [5.41, 5.74) is 0.268. The fraction of sp³-hybridized carbons (Fsp3) is 0.258. The number of primary amides is 1. The molecule has 0 aliphatic rings. The Morgan fingerprint density at radius 1 is 1.04 bits per heavy atom. The van der Waals surface area contributed by atoms with Crippen molar-refractivity contribution in [3.05, 3.63) is 82.4 Å². The molecule has 5 N–H and O–H groups in total. The van der Waals surface area contributed by atoms with Crippen molar-refractivity contribution in [2.24, 2.45) is 5.73 Å². The quantitative estimate of drug-likeness (QED) is 0.176. The Morgan fingerprint density at radius 3 is 2.28 bits per heavy atom. The van der Waals surface area contributed by atoms with Crippen LogP contribution in [-0.4, -0.2) is 64.4 Å². The number of carboxylic acid groups (broad SMARTS) is 1.